The topological polar surface area (TPSA) is 98.6 Å². The number of rotatable bonds is 5. The summed E-state index contributed by atoms with van der Waals surface area (Å²) in [6.07, 6.45) is 5.45. The molecule has 0 bridgehead atoms. The van der Waals surface area contributed by atoms with Gasteiger partial charge in [0.25, 0.3) is 0 Å². The predicted molar refractivity (Wildman–Crippen MR) is 154 cm³/mol. The molecule has 0 radical (unpaired) electrons. The Balaban J connectivity index is 1.09. The Hall–Kier alpha value is -4.69. The molecular weight excluding hydrogens is 484 g/mol. The van der Waals surface area contributed by atoms with Crippen LogP contribution in [0, 0.1) is 0 Å². The van der Waals surface area contributed by atoms with Gasteiger partial charge in [0.15, 0.2) is 11.5 Å². The third-order valence-electron chi connectivity index (χ3n) is 7.59. The molecule has 0 aliphatic carbocycles. The monoisotopic (exact) mass is 512 g/mol. The molecule has 3 aromatic carbocycles. The Kier molecular flexibility index (Phi) is 5.94. The number of anilines is 1. The van der Waals surface area contributed by atoms with E-state index in [2.05, 4.69) is 60.8 Å². The van der Waals surface area contributed by atoms with Crippen molar-refractivity contribution in [2.45, 2.75) is 25.4 Å². The summed E-state index contributed by atoms with van der Waals surface area (Å²) in [7, 11) is 0. The fraction of sp³-hybridized carbons (Fsp3) is 0.194. The highest BCUT2D eigenvalue weighted by atomic mass is 15.2. The molecule has 1 aliphatic heterocycles. The third-order valence-corrected chi connectivity index (χ3v) is 7.59. The number of imidazole rings is 1. The van der Waals surface area contributed by atoms with Crippen LogP contribution in [0.1, 0.15) is 24.4 Å². The molecular formula is C31H28N8. The fourth-order valence-electron chi connectivity index (χ4n) is 5.52. The number of aromatic nitrogens is 6. The Morgan fingerprint density at radius 1 is 0.718 bits per heavy atom. The van der Waals surface area contributed by atoms with Crippen LogP contribution in [0.25, 0.3) is 44.7 Å². The van der Waals surface area contributed by atoms with Gasteiger partial charge in [0.05, 0.1) is 28.7 Å². The Bertz CT molecular complexity index is 1750. The summed E-state index contributed by atoms with van der Waals surface area (Å²) < 4.78 is 2.16. The summed E-state index contributed by atoms with van der Waals surface area (Å²) in [4.78, 5) is 25.5. The number of nitrogens with zero attached hydrogens (tertiary/aromatic N) is 7. The van der Waals surface area contributed by atoms with E-state index in [1.54, 1.807) is 0 Å². The second-order valence-electron chi connectivity index (χ2n) is 10.1. The molecule has 4 heterocycles. The number of piperidine rings is 1. The van der Waals surface area contributed by atoms with Crippen LogP contribution >= 0.6 is 0 Å². The van der Waals surface area contributed by atoms with E-state index in [0.29, 0.717) is 17.4 Å². The van der Waals surface area contributed by atoms with Crippen molar-refractivity contribution in [3.8, 4) is 22.5 Å². The number of hydrogen-bond donors (Lipinski definition) is 1. The van der Waals surface area contributed by atoms with Gasteiger partial charge in [-0.3, -0.25) is 4.90 Å². The zero-order valence-electron chi connectivity index (χ0n) is 21.5. The van der Waals surface area contributed by atoms with Crippen LogP contribution in [-0.4, -0.2) is 47.5 Å². The summed E-state index contributed by atoms with van der Waals surface area (Å²) in [6, 6.07) is 27.5. The SMILES string of the molecule is Nc1ncnc2c1ncn2C1CCN(Cc2ccc(-c3nc4ccccc4nc3-c3ccccc3)cc2)CC1. The first-order chi connectivity index (χ1) is 19.2. The molecule has 2 N–H and O–H groups in total. The van der Waals surface area contributed by atoms with Crippen LogP contribution in [0.15, 0.2) is 91.5 Å². The maximum Gasteiger partial charge on any atom is 0.165 e. The molecule has 8 heteroatoms. The number of hydrogen-bond acceptors (Lipinski definition) is 7. The predicted octanol–water partition coefficient (Wildman–Crippen LogP) is 5.52. The Morgan fingerprint density at radius 2 is 1.36 bits per heavy atom. The van der Waals surface area contributed by atoms with Crippen LogP contribution in [0.2, 0.25) is 0 Å². The summed E-state index contributed by atoms with van der Waals surface area (Å²) in [6.45, 7) is 2.95. The van der Waals surface area contributed by atoms with Crippen molar-refractivity contribution >= 4 is 28.0 Å². The van der Waals surface area contributed by atoms with Crippen LogP contribution < -0.4 is 5.73 Å². The lowest BCUT2D eigenvalue weighted by atomic mass is 10.0. The smallest absolute Gasteiger partial charge is 0.165 e. The van der Waals surface area contributed by atoms with Crippen molar-refractivity contribution in [1.82, 2.24) is 34.4 Å². The molecule has 3 aromatic heterocycles. The number of fused-ring (bicyclic) bond motifs is 2. The van der Waals surface area contributed by atoms with Crippen molar-refractivity contribution in [1.29, 1.82) is 0 Å². The maximum atomic E-state index is 5.97. The maximum absolute atomic E-state index is 5.97. The first kappa shape index (κ1) is 23.4. The first-order valence-electron chi connectivity index (χ1n) is 13.3. The van der Waals surface area contributed by atoms with Gasteiger partial charge in [-0.25, -0.2) is 24.9 Å². The van der Waals surface area contributed by atoms with Crippen molar-refractivity contribution < 1.29 is 0 Å². The highest BCUT2D eigenvalue weighted by Crippen LogP contribution is 2.32. The fourth-order valence-corrected chi connectivity index (χ4v) is 5.52. The minimum Gasteiger partial charge on any atom is -0.382 e. The van der Waals surface area contributed by atoms with Crippen molar-refractivity contribution in [3.05, 3.63) is 97.1 Å². The average Bonchev–Trinajstić information content (AvgIpc) is 3.43. The van der Waals surface area contributed by atoms with E-state index in [9.17, 15) is 0 Å². The van der Waals surface area contributed by atoms with Crippen LogP contribution in [-0.2, 0) is 6.54 Å². The van der Waals surface area contributed by atoms with Gasteiger partial charge < -0.3 is 10.3 Å². The van der Waals surface area contributed by atoms with Gasteiger partial charge in [-0.1, -0.05) is 66.7 Å². The van der Waals surface area contributed by atoms with Crippen LogP contribution in [0.3, 0.4) is 0 Å². The lowest BCUT2D eigenvalue weighted by Crippen LogP contribution is -2.34. The van der Waals surface area contributed by atoms with Gasteiger partial charge in [-0.2, -0.15) is 0 Å². The van der Waals surface area contributed by atoms with E-state index < -0.39 is 0 Å². The highest BCUT2D eigenvalue weighted by molar-refractivity contribution is 5.86. The van der Waals surface area contributed by atoms with Crippen LogP contribution in [0.4, 0.5) is 5.82 Å². The molecule has 192 valence electrons. The molecule has 0 unspecified atom stereocenters. The van der Waals surface area contributed by atoms with E-state index in [1.165, 1.54) is 11.9 Å². The molecule has 1 saturated heterocycles. The third kappa shape index (κ3) is 4.49. The summed E-state index contributed by atoms with van der Waals surface area (Å²) in [5, 5.41) is 0. The molecule has 1 fully saturated rings. The minimum absolute atomic E-state index is 0.366. The molecule has 8 nitrogen and oxygen atoms in total. The lowest BCUT2D eigenvalue weighted by molar-refractivity contribution is 0.181. The van der Waals surface area contributed by atoms with E-state index in [1.807, 2.05) is 48.8 Å². The summed E-state index contributed by atoms with van der Waals surface area (Å²) in [5.41, 5.74) is 14.5. The quantitative estimate of drug-likeness (QED) is 0.325. The normalized spacial score (nSPS) is 14.8. The molecule has 0 saturated carbocycles. The Labute approximate surface area is 226 Å². The highest BCUT2D eigenvalue weighted by Gasteiger charge is 2.23. The largest absolute Gasteiger partial charge is 0.382 e. The zero-order valence-corrected chi connectivity index (χ0v) is 21.5. The zero-order chi connectivity index (χ0) is 26.2. The summed E-state index contributed by atoms with van der Waals surface area (Å²) >= 11 is 0. The molecule has 0 amide bonds. The Morgan fingerprint density at radius 3 is 2.05 bits per heavy atom. The number of benzene rings is 3. The summed E-state index contributed by atoms with van der Waals surface area (Å²) in [5.74, 6) is 0.435. The van der Waals surface area contributed by atoms with Gasteiger partial charge in [-0.05, 0) is 30.5 Å². The second kappa shape index (κ2) is 9.89. The van der Waals surface area contributed by atoms with Crippen molar-refractivity contribution in [3.63, 3.8) is 0 Å². The van der Waals surface area contributed by atoms with Gasteiger partial charge in [-0.15, -0.1) is 0 Å². The standard InChI is InChI=1S/C31H28N8/c32-30-29-31(34-19-33-30)39(20-35-29)24-14-16-38(17-15-24)18-21-10-12-23(13-11-21)28-27(22-6-2-1-3-7-22)36-25-8-4-5-9-26(25)37-28/h1-13,19-20,24H,14-18H2,(H2,32,33,34). The van der Waals surface area contributed by atoms with Gasteiger partial charge in [0.2, 0.25) is 0 Å². The van der Waals surface area contributed by atoms with Crippen molar-refractivity contribution in [2.75, 3.05) is 18.8 Å². The number of likely N-dealkylation sites (tertiary alicyclic amines) is 1. The number of nitrogen functional groups attached to an aromatic ring is 1. The average molecular weight is 513 g/mol. The van der Waals surface area contributed by atoms with Gasteiger partial charge in [0, 0.05) is 36.8 Å². The van der Waals surface area contributed by atoms with E-state index in [4.69, 9.17) is 15.7 Å². The molecule has 1 aliphatic rings. The van der Waals surface area contributed by atoms with Crippen molar-refractivity contribution in [2.24, 2.45) is 0 Å². The molecule has 39 heavy (non-hydrogen) atoms. The van der Waals surface area contributed by atoms with E-state index in [0.717, 1.165) is 71.7 Å². The van der Waals surface area contributed by atoms with Gasteiger partial charge >= 0.3 is 0 Å². The van der Waals surface area contributed by atoms with E-state index >= 15 is 0 Å². The number of nitrogens with two attached hydrogens (primary N) is 1. The second-order valence-corrected chi connectivity index (χ2v) is 10.1. The lowest BCUT2D eigenvalue weighted by Gasteiger charge is -2.32. The molecule has 7 rings (SSSR count). The molecule has 0 atom stereocenters. The van der Waals surface area contributed by atoms with E-state index in [-0.39, 0.29) is 0 Å². The molecule has 6 aromatic rings. The van der Waals surface area contributed by atoms with Gasteiger partial charge in [0.1, 0.15) is 11.8 Å². The van der Waals surface area contributed by atoms with Crippen LogP contribution in [0.5, 0.6) is 0 Å². The minimum atomic E-state index is 0.366. The first-order valence-corrected chi connectivity index (χ1v) is 13.3. The number of para-hydroxylation sites is 2. The molecule has 0 spiro atoms.